The smallest absolute Gasteiger partial charge is 0.152 e. The maximum absolute atomic E-state index is 11.4. The lowest BCUT2D eigenvalue weighted by Crippen LogP contribution is -2.40. The van der Waals surface area contributed by atoms with Crippen molar-refractivity contribution in [3.8, 4) is 0 Å². The normalized spacial score (nSPS) is 27.2. The zero-order valence-electron chi connectivity index (χ0n) is 8.09. The van der Waals surface area contributed by atoms with E-state index in [-0.39, 0.29) is 18.4 Å². The Balaban J connectivity index is 2.37. The molecule has 0 aromatic carbocycles. The van der Waals surface area contributed by atoms with Gasteiger partial charge in [0, 0.05) is 6.42 Å². The summed E-state index contributed by atoms with van der Waals surface area (Å²) in [5, 5.41) is 12.0. The first-order valence-corrected chi connectivity index (χ1v) is 5.21. The second-order valence-electron chi connectivity index (χ2n) is 3.67. The number of rotatable bonds is 1. The monoisotopic (exact) mass is 185 g/mol. The highest BCUT2D eigenvalue weighted by atomic mass is 16.3. The first-order chi connectivity index (χ1) is 6.34. The molecule has 0 aliphatic carbocycles. The van der Waals surface area contributed by atoms with Crippen molar-refractivity contribution in [3.63, 3.8) is 0 Å². The van der Waals surface area contributed by atoms with Gasteiger partial charge < -0.3 is 10.4 Å². The summed E-state index contributed by atoms with van der Waals surface area (Å²) in [7, 11) is 0. The molecule has 13 heavy (non-hydrogen) atoms. The Hall–Kier alpha value is -0.410. The predicted molar refractivity (Wildman–Crippen MR) is 51.6 cm³/mol. The SMILES string of the molecule is O=C1CCCCCCCN[C@H]1CO. The molecule has 1 fully saturated rings. The number of carbonyl (C=O) groups is 1. The third-order valence-corrected chi connectivity index (χ3v) is 2.56. The van der Waals surface area contributed by atoms with E-state index >= 15 is 0 Å². The van der Waals surface area contributed by atoms with Gasteiger partial charge in [-0.25, -0.2) is 0 Å². The molecule has 1 aliphatic heterocycles. The number of aliphatic hydroxyl groups excluding tert-OH is 1. The standard InChI is InChI=1S/C10H19NO2/c12-8-9-10(13)6-4-2-1-3-5-7-11-9/h9,11-12H,1-8H2/t9-/m0/s1. The van der Waals surface area contributed by atoms with E-state index in [2.05, 4.69) is 5.32 Å². The third kappa shape index (κ3) is 3.87. The minimum atomic E-state index is -0.307. The molecule has 0 bridgehead atoms. The highest BCUT2D eigenvalue weighted by Crippen LogP contribution is 2.08. The fraction of sp³-hybridized carbons (Fsp3) is 0.900. The van der Waals surface area contributed by atoms with Crippen LogP contribution in [0.4, 0.5) is 0 Å². The number of Topliss-reactive ketones (excluding diaryl/α,β-unsaturated/α-hetero) is 1. The Kier molecular flexibility index (Phi) is 5.01. The van der Waals surface area contributed by atoms with Crippen LogP contribution in [0, 0.1) is 0 Å². The molecule has 0 aromatic heterocycles. The first kappa shape index (κ1) is 10.7. The van der Waals surface area contributed by atoms with Crippen LogP contribution in [-0.4, -0.2) is 30.1 Å². The van der Waals surface area contributed by atoms with Gasteiger partial charge in [0.1, 0.15) is 0 Å². The van der Waals surface area contributed by atoms with Crippen LogP contribution in [0.5, 0.6) is 0 Å². The average molecular weight is 185 g/mol. The van der Waals surface area contributed by atoms with Crippen LogP contribution in [0.2, 0.25) is 0 Å². The van der Waals surface area contributed by atoms with Gasteiger partial charge in [-0.15, -0.1) is 0 Å². The molecule has 0 saturated carbocycles. The summed E-state index contributed by atoms with van der Waals surface area (Å²) in [6.07, 6.45) is 6.35. The van der Waals surface area contributed by atoms with E-state index in [0.717, 1.165) is 25.8 Å². The summed E-state index contributed by atoms with van der Waals surface area (Å²) in [4.78, 5) is 11.4. The molecule has 1 atom stereocenters. The number of carbonyl (C=O) groups excluding carboxylic acids is 1. The lowest BCUT2D eigenvalue weighted by atomic mass is 10.0. The topological polar surface area (TPSA) is 49.3 Å². The van der Waals surface area contributed by atoms with Crippen molar-refractivity contribution < 1.29 is 9.90 Å². The van der Waals surface area contributed by atoms with E-state index in [1.165, 1.54) is 12.8 Å². The second-order valence-corrected chi connectivity index (χ2v) is 3.67. The van der Waals surface area contributed by atoms with Crippen LogP contribution in [0.25, 0.3) is 0 Å². The van der Waals surface area contributed by atoms with E-state index < -0.39 is 0 Å². The van der Waals surface area contributed by atoms with Crippen LogP contribution in [0.1, 0.15) is 38.5 Å². The van der Waals surface area contributed by atoms with Crippen molar-refractivity contribution in [2.45, 2.75) is 44.6 Å². The van der Waals surface area contributed by atoms with E-state index in [9.17, 15) is 4.79 Å². The molecular weight excluding hydrogens is 166 g/mol. The van der Waals surface area contributed by atoms with Crippen LogP contribution >= 0.6 is 0 Å². The first-order valence-electron chi connectivity index (χ1n) is 5.21. The maximum atomic E-state index is 11.4. The Morgan fingerprint density at radius 1 is 1.23 bits per heavy atom. The summed E-state index contributed by atoms with van der Waals surface area (Å²) < 4.78 is 0. The number of hydrogen-bond acceptors (Lipinski definition) is 3. The maximum Gasteiger partial charge on any atom is 0.152 e. The third-order valence-electron chi connectivity index (χ3n) is 2.56. The second kappa shape index (κ2) is 6.11. The van der Waals surface area contributed by atoms with Gasteiger partial charge in [-0.2, -0.15) is 0 Å². The van der Waals surface area contributed by atoms with Gasteiger partial charge in [0.25, 0.3) is 0 Å². The molecule has 0 unspecified atom stereocenters. The summed E-state index contributed by atoms with van der Waals surface area (Å²) in [6.45, 7) is 0.801. The minimum Gasteiger partial charge on any atom is -0.394 e. The number of ketones is 1. The van der Waals surface area contributed by atoms with Gasteiger partial charge >= 0.3 is 0 Å². The fourth-order valence-corrected chi connectivity index (χ4v) is 1.69. The molecule has 1 saturated heterocycles. The van der Waals surface area contributed by atoms with Crippen molar-refractivity contribution >= 4 is 5.78 Å². The molecule has 1 rings (SSSR count). The highest BCUT2D eigenvalue weighted by molar-refractivity contribution is 5.84. The largest absolute Gasteiger partial charge is 0.394 e. The van der Waals surface area contributed by atoms with E-state index in [0.29, 0.717) is 6.42 Å². The Bertz CT molecular complexity index is 159. The molecule has 76 valence electrons. The van der Waals surface area contributed by atoms with Gasteiger partial charge in [0.15, 0.2) is 5.78 Å². The van der Waals surface area contributed by atoms with Gasteiger partial charge in [0.2, 0.25) is 0 Å². The lowest BCUT2D eigenvalue weighted by molar-refractivity contribution is -0.122. The molecule has 0 radical (unpaired) electrons. The number of aliphatic hydroxyl groups is 1. The molecule has 2 N–H and O–H groups in total. The van der Waals surface area contributed by atoms with Crippen molar-refractivity contribution in [2.24, 2.45) is 0 Å². The van der Waals surface area contributed by atoms with Crippen LogP contribution in [-0.2, 0) is 4.79 Å². The fourth-order valence-electron chi connectivity index (χ4n) is 1.69. The quantitative estimate of drug-likeness (QED) is 0.637. The van der Waals surface area contributed by atoms with Crippen molar-refractivity contribution in [1.82, 2.24) is 5.32 Å². The zero-order chi connectivity index (χ0) is 9.52. The molecule has 0 spiro atoms. The van der Waals surface area contributed by atoms with Crippen LogP contribution in [0.15, 0.2) is 0 Å². The van der Waals surface area contributed by atoms with Crippen molar-refractivity contribution in [2.75, 3.05) is 13.2 Å². The zero-order valence-corrected chi connectivity index (χ0v) is 8.09. The van der Waals surface area contributed by atoms with E-state index in [4.69, 9.17) is 5.11 Å². The van der Waals surface area contributed by atoms with Crippen molar-refractivity contribution in [1.29, 1.82) is 0 Å². The predicted octanol–water partition coefficient (Wildman–Crippen LogP) is 0.860. The molecule has 0 amide bonds. The average Bonchev–Trinajstić information content (AvgIpc) is 2.16. The number of nitrogens with one attached hydrogen (secondary N) is 1. The lowest BCUT2D eigenvalue weighted by Gasteiger charge is -2.16. The van der Waals surface area contributed by atoms with Gasteiger partial charge in [-0.05, 0) is 19.4 Å². The number of hydrogen-bond donors (Lipinski definition) is 2. The highest BCUT2D eigenvalue weighted by Gasteiger charge is 2.16. The molecule has 1 aliphatic rings. The molecule has 3 heteroatoms. The van der Waals surface area contributed by atoms with Crippen molar-refractivity contribution in [3.05, 3.63) is 0 Å². The molecule has 3 nitrogen and oxygen atoms in total. The van der Waals surface area contributed by atoms with Gasteiger partial charge in [-0.1, -0.05) is 19.3 Å². The Labute approximate surface area is 79.5 Å². The summed E-state index contributed by atoms with van der Waals surface area (Å²) in [6, 6.07) is -0.307. The van der Waals surface area contributed by atoms with Gasteiger partial charge in [0.05, 0.1) is 12.6 Å². The summed E-state index contributed by atoms with van der Waals surface area (Å²) >= 11 is 0. The van der Waals surface area contributed by atoms with Crippen LogP contribution < -0.4 is 5.32 Å². The molecule has 1 heterocycles. The molecule has 0 aromatic rings. The molecular formula is C10H19NO2. The van der Waals surface area contributed by atoms with E-state index in [1.807, 2.05) is 0 Å². The van der Waals surface area contributed by atoms with Crippen LogP contribution in [0.3, 0.4) is 0 Å². The van der Waals surface area contributed by atoms with Gasteiger partial charge in [-0.3, -0.25) is 4.79 Å². The summed E-state index contributed by atoms with van der Waals surface area (Å²) in [5.74, 6) is 0.171. The minimum absolute atomic E-state index is 0.0567. The Morgan fingerprint density at radius 3 is 2.69 bits per heavy atom. The summed E-state index contributed by atoms with van der Waals surface area (Å²) in [5.41, 5.74) is 0. The van der Waals surface area contributed by atoms with E-state index in [1.54, 1.807) is 0 Å². The Morgan fingerprint density at radius 2 is 1.92 bits per heavy atom.